The Balaban J connectivity index is -0.000000164. The SMILES string of the molecule is C.NCCN(CCN)CCN.NCCN1CCN(CCN)CC1.NCCNCCN1CCNCC1.NCCNCCNCCN.[2HH].[BH]. The molecule has 2 radical (unpaired) electrons. The fourth-order valence-corrected chi connectivity index (χ4v) is 4.51. The van der Waals surface area contributed by atoms with E-state index >= 15 is 0 Å². The summed E-state index contributed by atoms with van der Waals surface area (Å²) < 4.78 is 0. The van der Waals surface area contributed by atoms with E-state index < -0.39 is 0 Å². The van der Waals surface area contributed by atoms with Crippen LogP contribution in [0.2, 0.25) is 0 Å². The van der Waals surface area contributed by atoms with E-state index in [0.717, 1.165) is 137 Å². The summed E-state index contributed by atoms with van der Waals surface area (Å²) in [4.78, 5) is 9.46. The zero-order valence-electron chi connectivity index (χ0n) is 28.9. The number of rotatable bonds is 22. The predicted octanol–water partition coefficient (Wildman–Crippen LogP) is -6.56. The second-order valence-electron chi connectivity index (χ2n) is 10.7. The number of hydrogen-bond donors (Lipinski definition) is 12. The lowest BCUT2D eigenvalue weighted by Gasteiger charge is -2.34. The van der Waals surface area contributed by atoms with E-state index in [-0.39, 0.29) is 17.3 Å². The fraction of sp³-hybridized carbons (Fsp3) is 1.00. The molecule has 0 amide bonds. The molecule has 0 spiro atoms. The molecule has 0 aromatic carbocycles. The Morgan fingerprint density at radius 1 is 0.457 bits per heavy atom. The van der Waals surface area contributed by atoms with E-state index in [1.54, 1.807) is 0 Å². The number of nitrogens with two attached hydrogens (primary N) is 8. The summed E-state index contributed by atoms with van der Waals surface area (Å²) in [7, 11) is 0. The lowest BCUT2D eigenvalue weighted by atomic mass is 10.3. The average Bonchev–Trinajstić information content (AvgIpc) is 3.04. The van der Waals surface area contributed by atoms with Gasteiger partial charge in [-0.1, -0.05) is 7.43 Å². The fourth-order valence-electron chi connectivity index (χ4n) is 4.51. The molecule has 2 aliphatic heterocycles. The zero-order valence-corrected chi connectivity index (χ0v) is 28.9. The van der Waals surface area contributed by atoms with Crippen LogP contribution in [-0.2, 0) is 0 Å². The van der Waals surface area contributed by atoms with Gasteiger partial charge < -0.3 is 67.1 Å². The van der Waals surface area contributed by atoms with Gasteiger partial charge in [-0.2, -0.15) is 0 Å². The minimum absolute atomic E-state index is 0. The summed E-state index contributed by atoms with van der Waals surface area (Å²) in [5.74, 6) is 0. The molecule has 0 saturated carbocycles. The van der Waals surface area contributed by atoms with Crippen LogP contribution in [-0.4, -0.2) is 211 Å². The first-order valence-electron chi connectivity index (χ1n) is 16.9. The van der Waals surface area contributed by atoms with Crippen molar-refractivity contribution < 1.29 is 1.43 Å². The number of hydrogen-bond acceptors (Lipinski definition) is 16. The average molecular weight is 668 g/mol. The lowest BCUT2D eigenvalue weighted by molar-refractivity contribution is 0.138. The Morgan fingerprint density at radius 2 is 0.804 bits per heavy atom. The Kier molecular flexibility index (Phi) is 50.5. The molecule has 0 aliphatic carbocycles. The van der Waals surface area contributed by atoms with E-state index in [9.17, 15) is 0 Å². The highest BCUT2D eigenvalue weighted by Crippen LogP contribution is 1.99. The first-order chi connectivity index (χ1) is 21.6. The van der Waals surface area contributed by atoms with Crippen LogP contribution in [0, 0.1) is 0 Å². The summed E-state index contributed by atoms with van der Waals surface area (Å²) in [6, 6.07) is 0. The Hall–Kier alpha value is -0.575. The van der Waals surface area contributed by atoms with Gasteiger partial charge in [0.05, 0.1) is 0 Å². The van der Waals surface area contributed by atoms with E-state index in [1.807, 2.05) is 0 Å². The van der Waals surface area contributed by atoms with Gasteiger partial charge in [-0.05, 0) is 0 Å². The summed E-state index contributed by atoms with van der Waals surface area (Å²) in [5, 5.41) is 13.0. The van der Waals surface area contributed by atoms with Crippen LogP contribution < -0.4 is 67.1 Å². The second kappa shape index (κ2) is 44.4. The molecule has 2 saturated heterocycles. The highest BCUT2D eigenvalue weighted by atomic mass is 15.3. The molecular formula is C29H83BN16. The standard InChI is InChI=1S/2C8H20N4.2C6H18N4.CH4.BH.H2/c9-1-3-11-5-7-12(4-2-10)8-6-11;9-1-2-10-3-6-12-7-4-11-5-8-12;7-1-4-10(5-2-8)6-3-9;7-1-3-9-5-6-10-4-2-8;;;/h1-10H2;10-11H,1-9H2;1-9H2;9-10H,1-8H2;1H4;2*1H/i;;;;;;1+1. The van der Waals surface area contributed by atoms with Crippen molar-refractivity contribution >= 4 is 8.41 Å². The summed E-state index contributed by atoms with van der Waals surface area (Å²) in [6.45, 7) is 26.6. The van der Waals surface area contributed by atoms with Crippen molar-refractivity contribution in [3.05, 3.63) is 0 Å². The maximum Gasteiger partial charge on any atom is 0.0379 e. The van der Waals surface area contributed by atoms with Crippen molar-refractivity contribution in [2.24, 2.45) is 45.9 Å². The molecule has 2 fully saturated rings. The lowest BCUT2D eigenvalue weighted by Crippen LogP contribution is -2.48. The first-order valence-corrected chi connectivity index (χ1v) is 16.9. The van der Waals surface area contributed by atoms with Gasteiger partial charge in [-0.15, -0.1) is 0 Å². The van der Waals surface area contributed by atoms with Crippen molar-refractivity contribution in [2.45, 2.75) is 7.43 Å². The van der Waals surface area contributed by atoms with Gasteiger partial charge >= 0.3 is 0 Å². The van der Waals surface area contributed by atoms with Gasteiger partial charge in [0.15, 0.2) is 0 Å². The Labute approximate surface area is 287 Å². The van der Waals surface area contributed by atoms with Gasteiger partial charge in [0.1, 0.15) is 0 Å². The molecule has 17 heteroatoms. The summed E-state index contributed by atoms with van der Waals surface area (Å²) >= 11 is 0. The van der Waals surface area contributed by atoms with Crippen LogP contribution in [0.3, 0.4) is 0 Å². The molecule has 0 atom stereocenters. The van der Waals surface area contributed by atoms with Gasteiger partial charge in [-0.3, -0.25) is 19.6 Å². The van der Waals surface area contributed by atoms with Gasteiger partial charge in [0.25, 0.3) is 0 Å². The van der Waals surface area contributed by atoms with Crippen LogP contribution in [0.4, 0.5) is 0 Å². The molecule has 282 valence electrons. The van der Waals surface area contributed by atoms with Crippen molar-refractivity contribution in [2.75, 3.05) is 183 Å². The van der Waals surface area contributed by atoms with Crippen LogP contribution >= 0.6 is 0 Å². The highest BCUT2D eigenvalue weighted by molar-refractivity contribution is 5.75. The van der Waals surface area contributed by atoms with Crippen molar-refractivity contribution in [1.82, 2.24) is 40.9 Å². The minimum Gasteiger partial charge on any atom is -0.329 e. The molecule has 16 nitrogen and oxygen atoms in total. The van der Waals surface area contributed by atoms with Gasteiger partial charge in [-0.25, -0.2) is 0 Å². The molecule has 46 heavy (non-hydrogen) atoms. The first kappa shape index (κ1) is 52.2. The zero-order chi connectivity index (χ0) is 32.9. The van der Waals surface area contributed by atoms with Crippen LogP contribution in [0.25, 0.3) is 0 Å². The number of nitrogens with zero attached hydrogens (tertiary/aromatic N) is 4. The minimum atomic E-state index is 0. The third kappa shape index (κ3) is 37.9. The van der Waals surface area contributed by atoms with Gasteiger partial charge in [0, 0.05) is 193 Å². The predicted molar refractivity (Wildman–Crippen MR) is 206 cm³/mol. The van der Waals surface area contributed by atoms with E-state index in [2.05, 4.69) is 40.9 Å². The molecule has 20 N–H and O–H groups in total. The largest absolute Gasteiger partial charge is 0.329 e. The van der Waals surface area contributed by atoms with Gasteiger partial charge in [0.2, 0.25) is 0 Å². The van der Waals surface area contributed by atoms with E-state index in [1.165, 1.54) is 13.1 Å². The molecular weight excluding hydrogens is 583 g/mol. The molecule has 0 aromatic heterocycles. The van der Waals surface area contributed by atoms with E-state index in [0.29, 0.717) is 32.7 Å². The highest BCUT2D eigenvalue weighted by Gasteiger charge is 2.14. The number of nitrogens with one attached hydrogen (secondary N) is 4. The number of piperazine rings is 2. The second-order valence-corrected chi connectivity index (χ2v) is 10.7. The normalized spacial score (nSPS) is 15.3. The molecule has 2 aliphatic rings. The third-order valence-corrected chi connectivity index (χ3v) is 6.95. The topological polar surface area (TPSA) is 269 Å². The quantitative estimate of drug-likeness (QED) is 0.0378. The third-order valence-electron chi connectivity index (χ3n) is 6.95. The van der Waals surface area contributed by atoms with Crippen LogP contribution in [0.15, 0.2) is 0 Å². The summed E-state index contributed by atoms with van der Waals surface area (Å²) in [6.07, 6.45) is 0. The molecule has 0 aromatic rings. The molecule has 0 bridgehead atoms. The van der Waals surface area contributed by atoms with Crippen LogP contribution in [0.5, 0.6) is 0 Å². The van der Waals surface area contributed by atoms with E-state index in [4.69, 9.17) is 45.9 Å². The van der Waals surface area contributed by atoms with Crippen molar-refractivity contribution in [3.8, 4) is 0 Å². The molecule has 0 unspecified atom stereocenters. The Bertz CT molecular complexity index is 481. The molecule has 2 rings (SSSR count). The summed E-state index contributed by atoms with van der Waals surface area (Å²) in [5.41, 5.74) is 42.9. The Morgan fingerprint density at radius 3 is 1.13 bits per heavy atom. The van der Waals surface area contributed by atoms with Crippen molar-refractivity contribution in [1.29, 1.82) is 0 Å². The molecule has 2 heterocycles. The van der Waals surface area contributed by atoms with Crippen LogP contribution in [0.1, 0.15) is 8.85 Å². The maximum atomic E-state index is 5.48. The monoisotopic (exact) mass is 668 g/mol. The van der Waals surface area contributed by atoms with Crippen molar-refractivity contribution in [3.63, 3.8) is 0 Å². The smallest absolute Gasteiger partial charge is 0.0379 e. The maximum absolute atomic E-state index is 5.48.